The van der Waals surface area contributed by atoms with Crippen LogP contribution in [0.15, 0.2) is 12.1 Å². The Balaban J connectivity index is 3.34. The number of hydrogen-bond acceptors (Lipinski definition) is 3. The van der Waals surface area contributed by atoms with Gasteiger partial charge in [0.15, 0.2) is 0 Å². The van der Waals surface area contributed by atoms with E-state index in [1.807, 2.05) is 20.8 Å². The van der Waals surface area contributed by atoms with Crippen LogP contribution in [0.4, 0.5) is 0 Å². The summed E-state index contributed by atoms with van der Waals surface area (Å²) in [4.78, 5) is 0. The Hall–Kier alpha value is -1.22. The fraction of sp³-hybridized carbons (Fsp3) is 0.500. The molecule has 0 unspecified atom stereocenters. The minimum atomic E-state index is -0.420. The lowest BCUT2D eigenvalue weighted by molar-refractivity contribution is 0.214. The smallest absolute Gasteiger partial charge is 0.123 e. The molecule has 0 aromatic heterocycles. The number of aliphatic hydroxyl groups excluding tert-OH is 1. The molecule has 0 bridgehead atoms. The fourth-order valence-corrected chi connectivity index (χ4v) is 1.45. The molecule has 0 radical (unpaired) electrons. The molecule has 1 aromatic rings. The normalized spacial score (nSPS) is 11.5. The van der Waals surface area contributed by atoms with Crippen LogP contribution in [0.25, 0.3) is 0 Å². The lowest BCUT2D eigenvalue weighted by Crippen LogP contribution is -2.22. The summed E-state index contributed by atoms with van der Waals surface area (Å²) in [5.41, 5.74) is 1.16. The van der Waals surface area contributed by atoms with Gasteiger partial charge in [0, 0.05) is 11.0 Å². The summed E-state index contributed by atoms with van der Waals surface area (Å²) in [5.74, 6) is 0.927. The lowest BCUT2D eigenvalue weighted by Gasteiger charge is -2.25. The number of phenols is 1. The second-order valence-electron chi connectivity index (χ2n) is 4.38. The number of hydrogen-bond donors (Lipinski definition) is 2. The molecule has 0 aliphatic rings. The third-order valence-corrected chi connectivity index (χ3v) is 2.64. The molecule has 0 amide bonds. The largest absolute Gasteiger partial charge is 0.508 e. The molecule has 0 saturated heterocycles. The Labute approximate surface area is 90.3 Å². The molecule has 0 aliphatic carbocycles. The van der Waals surface area contributed by atoms with Crippen LogP contribution in [0.3, 0.4) is 0 Å². The Kier molecular flexibility index (Phi) is 3.25. The molecule has 0 fully saturated rings. The van der Waals surface area contributed by atoms with Crippen LogP contribution in [-0.4, -0.2) is 23.9 Å². The van der Waals surface area contributed by atoms with E-state index in [2.05, 4.69) is 0 Å². The summed E-state index contributed by atoms with van der Waals surface area (Å²) < 4.78 is 5.25. The molecular weight excluding hydrogens is 192 g/mol. The average Bonchev–Trinajstić information content (AvgIpc) is 2.21. The molecule has 0 aliphatic heterocycles. The molecule has 15 heavy (non-hydrogen) atoms. The van der Waals surface area contributed by atoms with Gasteiger partial charge in [-0.15, -0.1) is 0 Å². The van der Waals surface area contributed by atoms with Crippen LogP contribution in [0.2, 0.25) is 0 Å². The molecule has 3 nitrogen and oxygen atoms in total. The standard InChI is InChI=1S/C12H18O3/c1-8-5-11(15-4)9(6-10(8)14)12(2,3)7-13/h5-6,13-14H,7H2,1-4H3. The number of aliphatic hydroxyl groups is 1. The van der Waals surface area contributed by atoms with Crippen molar-refractivity contribution < 1.29 is 14.9 Å². The number of benzene rings is 1. The number of rotatable bonds is 3. The molecule has 1 rings (SSSR count). The Morgan fingerprint density at radius 2 is 1.93 bits per heavy atom. The first-order valence-electron chi connectivity index (χ1n) is 4.91. The summed E-state index contributed by atoms with van der Waals surface area (Å²) in [7, 11) is 1.59. The van der Waals surface area contributed by atoms with Gasteiger partial charge >= 0.3 is 0 Å². The van der Waals surface area contributed by atoms with E-state index in [0.717, 1.165) is 11.1 Å². The molecular formula is C12H18O3. The van der Waals surface area contributed by atoms with Crippen LogP contribution >= 0.6 is 0 Å². The van der Waals surface area contributed by atoms with E-state index in [0.29, 0.717) is 5.75 Å². The Morgan fingerprint density at radius 3 is 2.40 bits per heavy atom. The van der Waals surface area contributed by atoms with E-state index in [9.17, 15) is 10.2 Å². The second kappa shape index (κ2) is 4.11. The van der Waals surface area contributed by atoms with E-state index < -0.39 is 5.41 Å². The highest BCUT2D eigenvalue weighted by Gasteiger charge is 2.24. The zero-order valence-electron chi connectivity index (χ0n) is 9.66. The van der Waals surface area contributed by atoms with Crippen molar-refractivity contribution in [2.45, 2.75) is 26.2 Å². The number of ether oxygens (including phenoxy) is 1. The summed E-state index contributed by atoms with van der Waals surface area (Å²) in [5, 5.41) is 18.9. The van der Waals surface area contributed by atoms with E-state index in [4.69, 9.17) is 4.74 Å². The highest BCUT2D eigenvalue weighted by atomic mass is 16.5. The summed E-state index contributed by atoms with van der Waals surface area (Å²) in [6.07, 6.45) is 0. The molecule has 3 heteroatoms. The van der Waals surface area contributed by atoms with Gasteiger partial charge < -0.3 is 14.9 Å². The maximum absolute atomic E-state index is 9.64. The second-order valence-corrected chi connectivity index (χ2v) is 4.38. The minimum Gasteiger partial charge on any atom is -0.508 e. The highest BCUT2D eigenvalue weighted by Crippen LogP contribution is 2.35. The van der Waals surface area contributed by atoms with Gasteiger partial charge in [-0.2, -0.15) is 0 Å². The fourth-order valence-electron chi connectivity index (χ4n) is 1.45. The minimum absolute atomic E-state index is 0.00581. The zero-order chi connectivity index (χ0) is 11.6. The molecule has 0 heterocycles. The summed E-state index contributed by atoms with van der Waals surface area (Å²) in [6.45, 7) is 5.62. The van der Waals surface area contributed by atoms with Crippen LogP contribution < -0.4 is 4.74 Å². The van der Waals surface area contributed by atoms with Crippen molar-refractivity contribution in [3.8, 4) is 11.5 Å². The quantitative estimate of drug-likeness (QED) is 0.802. The lowest BCUT2D eigenvalue weighted by atomic mass is 9.84. The van der Waals surface area contributed by atoms with Crippen molar-refractivity contribution in [1.82, 2.24) is 0 Å². The monoisotopic (exact) mass is 210 g/mol. The molecule has 0 atom stereocenters. The Bertz CT molecular complexity index is 356. The highest BCUT2D eigenvalue weighted by molar-refractivity contribution is 5.48. The van der Waals surface area contributed by atoms with Gasteiger partial charge in [0.1, 0.15) is 11.5 Å². The third kappa shape index (κ3) is 2.23. The van der Waals surface area contributed by atoms with Gasteiger partial charge in [0.2, 0.25) is 0 Å². The van der Waals surface area contributed by atoms with E-state index in [1.165, 1.54) is 0 Å². The van der Waals surface area contributed by atoms with Gasteiger partial charge in [-0.25, -0.2) is 0 Å². The molecule has 0 saturated carbocycles. The van der Waals surface area contributed by atoms with Gasteiger partial charge in [-0.1, -0.05) is 13.8 Å². The van der Waals surface area contributed by atoms with Crippen LogP contribution in [0.5, 0.6) is 11.5 Å². The number of aryl methyl sites for hydroxylation is 1. The predicted molar refractivity (Wildman–Crippen MR) is 59.5 cm³/mol. The number of phenolic OH excluding ortho intramolecular Hbond substituents is 1. The van der Waals surface area contributed by atoms with Crippen molar-refractivity contribution in [1.29, 1.82) is 0 Å². The average molecular weight is 210 g/mol. The maximum Gasteiger partial charge on any atom is 0.123 e. The van der Waals surface area contributed by atoms with Gasteiger partial charge in [0.25, 0.3) is 0 Å². The van der Waals surface area contributed by atoms with E-state index >= 15 is 0 Å². The molecule has 2 N–H and O–H groups in total. The number of methoxy groups -OCH3 is 1. The van der Waals surface area contributed by atoms with Crippen LogP contribution in [-0.2, 0) is 5.41 Å². The summed E-state index contributed by atoms with van der Waals surface area (Å²) >= 11 is 0. The zero-order valence-corrected chi connectivity index (χ0v) is 9.66. The van der Waals surface area contributed by atoms with Crippen LogP contribution in [0.1, 0.15) is 25.0 Å². The SMILES string of the molecule is COc1cc(C)c(O)cc1C(C)(C)CO. The van der Waals surface area contributed by atoms with E-state index in [-0.39, 0.29) is 12.4 Å². The Morgan fingerprint density at radius 1 is 1.33 bits per heavy atom. The topological polar surface area (TPSA) is 49.7 Å². The number of aromatic hydroxyl groups is 1. The van der Waals surface area contributed by atoms with Gasteiger partial charge in [-0.05, 0) is 24.6 Å². The summed E-state index contributed by atoms with van der Waals surface area (Å²) in [6, 6.07) is 3.44. The van der Waals surface area contributed by atoms with Gasteiger partial charge in [-0.3, -0.25) is 0 Å². The van der Waals surface area contributed by atoms with Crippen molar-refractivity contribution in [2.24, 2.45) is 0 Å². The first kappa shape index (κ1) is 11.9. The molecule has 0 spiro atoms. The van der Waals surface area contributed by atoms with Crippen LogP contribution in [0, 0.1) is 6.92 Å². The van der Waals surface area contributed by atoms with Crippen molar-refractivity contribution in [3.63, 3.8) is 0 Å². The van der Waals surface area contributed by atoms with E-state index in [1.54, 1.807) is 19.2 Å². The van der Waals surface area contributed by atoms with Gasteiger partial charge in [0.05, 0.1) is 13.7 Å². The van der Waals surface area contributed by atoms with Crippen molar-refractivity contribution in [2.75, 3.05) is 13.7 Å². The molecule has 84 valence electrons. The third-order valence-electron chi connectivity index (χ3n) is 2.64. The first-order valence-corrected chi connectivity index (χ1v) is 4.91. The van der Waals surface area contributed by atoms with Crippen molar-refractivity contribution in [3.05, 3.63) is 23.3 Å². The first-order chi connectivity index (χ1) is 6.92. The maximum atomic E-state index is 9.64. The predicted octanol–water partition coefficient (Wildman–Crippen LogP) is 1.98. The van der Waals surface area contributed by atoms with Crippen molar-refractivity contribution >= 4 is 0 Å². The molecule has 1 aromatic carbocycles.